The number of aromatic nitrogens is 2. The van der Waals surface area contributed by atoms with Gasteiger partial charge in [0.25, 0.3) is 0 Å². The average molecular weight is 336 g/mol. The number of fused-ring (bicyclic) bond motifs is 1. The molecule has 0 atom stereocenters. The summed E-state index contributed by atoms with van der Waals surface area (Å²) in [6, 6.07) is 12.3. The number of aliphatic hydroxyl groups is 1. The first kappa shape index (κ1) is 15.4. The van der Waals surface area contributed by atoms with E-state index in [0.29, 0.717) is 17.0 Å². The number of aryl methyl sites for hydroxylation is 1. The maximum absolute atomic E-state index is 13.9. The molecule has 0 spiro atoms. The molecule has 0 saturated heterocycles. The normalized spacial score (nSPS) is 14.8. The molecule has 0 radical (unpaired) electrons. The molecule has 4 rings (SSSR count). The summed E-state index contributed by atoms with van der Waals surface area (Å²) in [6.45, 7) is 2.38. The molecule has 1 aliphatic heterocycles. The van der Waals surface area contributed by atoms with Gasteiger partial charge in [-0.3, -0.25) is 5.41 Å². The van der Waals surface area contributed by atoms with E-state index in [1.54, 1.807) is 23.1 Å². The highest BCUT2D eigenvalue weighted by atomic mass is 19.1. The Morgan fingerprint density at radius 1 is 1.28 bits per heavy atom. The number of nitrogens with zero attached hydrogens (tertiary/aromatic N) is 2. The van der Waals surface area contributed by atoms with Crippen LogP contribution in [0.4, 0.5) is 4.39 Å². The summed E-state index contributed by atoms with van der Waals surface area (Å²) in [5, 5.41) is 18.7. The summed E-state index contributed by atoms with van der Waals surface area (Å²) >= 11 is 0. The van der Waals surface area contributed by atoms with Crippen molar-refractivity contribution >= 4 is 22.4 Å². The summed E-state index contributed by atoms with van der Waals surface area (Å²) in [5.41, 5.74) is 3.59. The van der Waals surface area contributed by atoms with Crippen molar-refractivity contribution in [2.24, 2.45) is 0 Å². The zero-order chi connectivity index (χ0) is 17.6. The molecule has 3 aromatic rings. The highest BCUT2D eigenvalue weighted by Crippen LogP contribution is 2.28. The maximum Gasteiger partial charge on any atom is 0.145 e. The highest BCUT2D eigenvalue weighted by molar-refractivity contribution is 6.23. The zero-order valence-corrected chi connectivity index (χ0v) is 13.7. The Morgan fingerprint density at radius 3 is 2.88 bits per heavy atom. The second kappa shape index (κ2) is 5.73. The third-order valence-electron chi connectivity index (χ3n) is 4.38. The molecule has 2 heterocycles. The number of hydrogen-bond acceptors (Lipinski definition) is 3. The quantitative estimate of drug-likeness (QED) is 0.681. The Hall–Kier alpha value is -3.15. The number of hydrogen-bond donors (Lipinski definition) is 3. The Bertz CT molecular complexity index is 1020. The van der Waals surface area contributed by atoms with E-state index in [0.717, 1.165) is 16.6 Å². The third-order valence-corrected chi connectivity index (χ3v) is 4.38. The van der Waals surface area contributed by atoms with Crippen LogP contribution in [0.5, 0.6) is 0 Å². The van der Waals surface area contributed by atoms with Gasteiger partial charge in [-0.25, -0.2) is 9.37 Å². The first-order chi connectivity index (χ1) is 12.0. The van der Waals surface area contributed by atoms with E-state index in [9.17, 15) is 9.50 Å². The zero-order valence-electron chi connectivity index (χ0n) is 13.7. The number of rotatable bonds is 3. The molecular formula is C19H17FN4O. The number of nitrogens with one attached hydrogen (secondary N) is 2. The van der Waals surface area contributed by atoms with Crippen LogP contribution >= 0.6 is 0 Å². The van der Waals surface area contributed by atoms with E-state index in [1.807, 2.05) is 25.1 Å². The van der Waals surface area contributed by atoms with Gasteiger partial charge < -0.3 is 15.0 Å². The van der Waals surface area contributed by atoms with Gasteiger partial charge >= 0.3 is 0 Å². The van der Waals surface area contributed by atoms with Gasteiger partial charge in [0, 0.05) is 12.1 Å². The molecule has 2 aromatic carbocycles. The van der Waals surface area contributed by atoms with Crippen molar-refractivity contribution in [3.8, 4) is 0 Å². The minimum absolute atomic E-state index is 0.0668. The SMILES string of the molecule is Cc1ccc2nc(C3=C(O)CN(Cc4ccccc4F)C3=N)[nH]c2c1. The van der Waals surface area contributed by atoms with Crippen LogP contribution in [0.2, 0.25) is 0 Å². The molecular weight excluding hydrogens is 319 g/mol. The lowest BCUT2D eigenvalue weighted by atomic mass is 10.2. The van der Waals surface area contributed by atoms with E-state index in [2.05, 4.69) is 9.97 Å². The van der Waals surface area contributed by atoms with Crippen LogP contribution in [0.1, 0.15) is 17.0 Å². The Labute approximate surface area is 143 Å². The van der Waals surface area contributed by atoms with E-state index < -0.39 is 0 Å². The Morgan fingerprint density at radius 2 is 2.08 bits per heavy atom. The summed E-state index contributed by atoms with van der Waals surface area (Å²) in [5.74, 6) is 0.343. The second-order valence-electron chi connectivity index (χ2n) is 6.22. The highest BCUT2D eigenvalue weighted by Gasteiger charge is 2.30. The molecule has 25 heavy (non-hydrogen) atoms. The van der Waals surface area contributed by atoms with Crippen LogP contribution in [0, 0.1) is 18.2 Å². The molecule has 0 unspecified atom stereocenters. The third kappa shape index (κ3) is 2.65. The molecule has 0 bridgehead atoms. The van der Waals surface area contributed by atoms with Crippen LogP contribution in [0.3, 0.4) is 0 Å². The molecule has 1 aliphatic rings. The second-order valence-corrected chi connectivity index (χ2v) is 6.22. The van der Waals surface area contributed by atoms with Gasteiger partial charge in [-0.2, -0.15) is 0 Å². The summed E-state index contributed by atoms with van der Waals surface area (Å²) < 4.78 is 13.9. The van der Waals surface area contributed by atoms with Crippen molar-refractivity contribution in [2.45, 2.75) is 13.5 Å². The molecule has 3 N–H and O–H groups in total. The number of H-pyrrole nitrogens is 1. The number of imidazole rings is 1. The van der Waals surface area contributed by atoms with Crippen molar-refractivity contribution < 1.29 is 9.50 Å². The molecule has 0 aliphatic carbocycles. The minimum atomic E-state index is -0.317. The van der Waals surface area contributed by atoms with E-state index in [4.69, 9.17) is 5.41 Å². The topological polar surface area (TPSA) is 76.0 Å². The first-order valence-electron chi connectivity index (χ1n) is 7.99. The number of aliphatic hydroxyl groups excluding tert-OH is 1. The molecule has 5 nitrogen and oxygen atoms in total. The standard InChI is InChI=1S/C19H17FN4O/c1-11-6-7-14-15(8-11)23-19(22-14)17-16(25)10-24(18(17)21)9-12-4-2-3-5-13(12)20/h2-8,21,25H,9-10H2,1H3,(H,22,23). The van der Waals surface area contributed by atoms with Gasteiger partial charge in [0.15, 0.2) is 0 Å². The summed E-state index contributed by atoms with van der Waals surface area (Å²) in [6.07, 6.45) is 0. The predicted molar refractivity (Wildman–Crippen MR) is 94.9 cm³/mol. The first-order valence-corrected chi connectivity index (χ1v) is 7.99. The van der Waals surface area contributed by atoms with Crippen LogP contribution in [-0.4, -0.2) is 32.4 Å². The van der Waals surface area contributed by atoms with E-state index >= 15 is 0 Å². The maximum atomic E-state index is 13.9. The Balaban J connectivity index is 1.65. The summed E-state index contributed by atoms with van der Waals surface area (Å²) in [4.78, 5) is 9.27. The van der Waals surface area contributed by atoms with Crippen molar-refractivity contribution in [3.05, 3.63) is 71.0 Å². The van der Waals surface area contributed by atoms with Crippen LogP contribution < -0.4 is 0 Å². The minimum Gasteiger partial charge on any atom is -0.510 e. The summed E-state index contributed by atoms with van der Waals surface area (Å²) in [7, 11) is 0. The van der Waals surface area contributed by atoms with E-state index in [1.165, 1.54) is 6.07 Å². The molecule has 126 valence electrons. The lowest BCUT2D eigenvalue weighted by Gasteiger charge is -2.18. The van der Waals surface area contributed by atoms with Gasteiger partial charge in [0.05, 0.1) is 23.2 Å². The number of benzene rings is 2. The Kier molecular flexibility index (Phi) is 3.53. The lowest BCUT2D eigenvalue weighted by Crippen LogP contribution is -2.26. The van der Waals surface area contributed by atoms with Gasteiger partial charge in [-0.1, -0.05) is 24.3 Å². The predicted octanol–water partition coefficient (Wildman–Crippen LogP) is 3.77. The van der Waals surface area contributed by atoms with E-state index in [-0.39, 0.29) is 30.5 Å². The number of halogens is 1. The fourth-order valence-corrected chi connectivity index (χ4v) is 3.09. The molecule has 0 saturated carbocycles. The van der Waals surface area contributed by atoms with Gasteiger partial charge in [0.2, 0.25) is 0 Å². The van der Waals surface area contributed by atoms with Gasteiger partial charge in [0.1, 0.15) is 23.2 Å². The van der Waals surface area contributed by atoms with Gasteiger partial charge in [-0.15, -0.1) is 0 Å². The van der Waals surface area contributed by atoms with Crippen LogP contribution in [0.25, 0.3) is 16.6 Å². The molecule has 1 aromatic heterocycles. The monoisotopic (exact) mass is 336 g/mol. The average Bonchev–Trinajstić information content (AvgIpc) is 3.10. The fraction of sp³-hybridized carbons (Fsp3) is 0.158. The lowest BCUT2D eigenvalue weighted by molar-refractivity contribution is 0.344. The fourth-order valence-electron chi connectivity index (χ4n) is 3.09. The largest absolute Gasteiger partial charge is 0.510 e. The van der Waals surface area contributed by atoms with Crippen LogP contribution in [0.15, 0.2) is 48.2 Å². The molecule has 0 amide bonds. The van der Waals surface area contributed by atoms with Crippen molar-refractivity contribution in [3.63, 3.8) is 0 Å². The van der Waals surface area contributed by atoms with Crippen LogP contribution in [-0.2, 0) is 6.54 Å². The van der Waals surface area contributed by atoms with Gasteiger partial charge in [-0.05, 0) is 30.7 Å². The van der Waals surface area contributed by atoms with Crippen molar-refractivity contribution in [1.29, 1.82) is 5.41 Å². The van der Waals surface area contributed by atoms with Crippen molar-refractivity contribution in [2.75, 3.05) is 6.54 Å². The number of amidine groups is 1. The smallest absolute Gasteiger partial charge is 0.145 e. The van der Waals surface area contributed by atoms with Crippen molar-refractivity contribution in [1.82, 2.24) is 14.9 Å². The molecule has 6 heteroatoms. The molecule has 0 fully saturated rings. The number of aromatic amines is 1.